The molecule has 0 spiro atoms. The molecule has 0 atom stereocenters. The smallest absolute Gasteiger partial charge is 0.238 e. The third-order valence-electron chi connectivity index (χ3n) is 2.38. The van der Waals surface area contributed by atoms with Gasteiger partial charge in [-0.2, -0.15) is 0 Å². The van der Waals surface area contributed by atoms with Crippen molar-refractivity contribution in [1.82, 2.24) is 5.32 Å². The predicted molar refractivity (Wildman–Crippen MR) is 74.2 cm³/mol. The molecule has 7 nitrogen and oxygen atoms in total. The minimum Gasteiger partial charge on any atom is -0.355 e. The Morgan fingerprint density at radius 3 is 2.15 bits per heavy atom. The Bertz CT molecular complexity index is 678. The molecule has 0 aromatic heterocycles. The highest BCUT2D eigenvalue weighted by Crippen LogP contribution is 2.08. The number of sulfone groups is 1. The van der Waals surface area contributed by atoms with E-state index in [1.807, 2.05) is 0 Å². The Morgan fingerprint density at radius 1 is 1.15 bits per heavy atom. The minimum absolute atomic E-state index is 0.0161. The maximum atomic E-state index is 11.2. The molecule has 0 aliphatic carbocycles. The fourth-order valence-electron chi connectivity index (χ4n) is 1.48. The zero-order chi connectivity index (χ0) is 15.4. The van der Waals surface area contributed by atoms with Crippen LogP contribution in [0.15, 0.2) is 29.2 Å². The molecule has 0 unspecified atom stereocenters. The van der Waals surface area contributed by atoms with Gasteiger partial charge < -0.3 is 5.32 Å². The monoisotopic (exact) mass is 320 g/mol. The van der Waals surface area contributed by atoms with E-state index in [0.717, 1.165) is 11.8 Å². The molecule has 9 heteroatoms. The first-order chi connectivity index (χ1) is 9.08. The molecule has 0 aliphatic rings. The quantitative estimate of drug-likeness (QED) is 0.698. The number of amides is 1. The fraction of sp³-hybridized carbons (Fsp3) is 0.364. The average Bonchev–Trinajstić information content (AvgIpc) is 2.26. The summed E-state index contributed by atoms with van der Waals surface area (Å²) < 4.78 is 43.8. The molecule has 0 saturated heterocycles. The number of nitrogens with one attached hydrogen (secondary N) is 1. The third kappa shape index (κ3) is 6.13. The van der Waals surface area contributed by atoms with Crippen molar-refractivity contribution in [2.24, 2.45) is 5.14 Å². The van der Waals surface area contributed by atoms with Crippen LogP contribution in [0.25, 0.3) is 0 Å². The minimum atomic E-state index is -3.71. The first-order valence-electron chi connectivity index (χ1n) is 5.64. The Morgan fingerprint density at radius 2 is 1.70 bits per heavy atom. The van der Waals surface area contributed by atoms with Gasteiger partial charge in [0.1, 0.15) is 5.75 Å². The number of benzene rings is 1. The van der Waals surface area contributed by atoms with E-state index >= 15 is 0 Å². The van der Waals surface area contributed by atoms with Crippen LogP contribution < -0.4 is 10.5 Å². The Kier molecular flexibility index (Phi) is 5.26. The third-order valence-corrected chi connectivity index (χ3v) is 4.10. The van der Waals surface area contributed by atoms with Gasteiger partial charge in [-0.05, 0) is 24.1 Å². The summed E-state index contributed by atoms with van der Waals surface area (Å²) in [4.78, 5) is 11.3. The molecule has 0 bridgehead atoms. The summed E-state index contributed by atoms with van der Waals surface area (Å²) in [6.45, 7) is 0.267. The summed E-state index contributed by atoms with van der Waals surface area (Å²) in [5.74, 6) is -1.11. The average molecular weight is 320 g/mol. The van der Waals surface area contributed by atoms with E-state index in [1.54, 1.807) is 12.1 Å². The van der Waals surface area contributed by atoms with Crippen molar-refractivity contribution in [3.8, 4) is 0 Å². The molecule has 0 fully saturated rings. The molecule has 1 amide bonds. The summed E-state index contributed by atoms with van der Waals surface area (Å²) in [6, 6.07) is 5.93. The van der Waals surface area contributed by atoms with Crippen LogP contribution >= 0.6 is 0 Å². The van der Waals surface area contributed by atoms with E-state index < -0.39 is 31.5 Å². The zero-order valence-corrected chi connectivity index (χ0v) is 12.5. The van der Waals surface area contributed by atoms with E-state index in [2.05, 4.69) is 5.32 Å². The Labute approximate surface area is 118 Å². The number of sulfonamides is 1. The van der Waals surface area contributed by atoms with Crippen LogP contribution in [0.3, 0.4) is 0 Å². The number of nitrogens with two attached hydrogens (primary N) is 1. The van der Waals surface area contributed by atoms with Crippen LogP contribution in [-0.2, 0) is 31.1 Å². The van der Waals surface area contributed by atoms with Gasteiger partial charge >= 0.3 is 0 Å². The highest BCUT2D eigenvalue weighted by molar-refractivity contribution is 7.91. The molecule has 112 valence electrons. The lowest BCUT2D eigenvalue weighted by molar-refractivity contribution is -0.118. The van der Waals surface area contributed by atoms with Crippen molar-refractivity contribution >= 4 is 25.8 Å². The lowest BCUT2D eigenvalue weighted by Gasteiger charge is -2.05. The van der Waals surface area contributed by atoms with E-state index in [1.165, 1.54) is 12.1 Å². The van der Waals surface area contributed by atoms with Crippen molar-refractivity contribution in [1.29, 1.82) is 0 Å². The Hall–Kier alpha value is -1.45. The van der Waals surface area contributed by atoms with Crippen molar-refractivity contribution in [2.45, 2.75) is 11.3 Å². The van der Waals surface area contributed by atoms with Gasteiger partial charge in [-0.25, -0.2) is 22.0 Å². The summed E-state index contributed by atoms with van der Waals surface area (Å²) in [5.41, 5.74) is 0.803. The standard InChI is InChI=1S/C11H16N2O5S2/c1-19(15,16)8-11(14)13-7-6-9-2-4-10(5-3-9)20(12,17)18/h2-5H,6-8H2,1H3,(H,13,14)(H2,12,17,18). The van der Waals surface area contributed by atoms with Crippen LogP contribution in [0.2, 0.25) is 0 Å². The molecule has 0 saturated carbocycles. The summed E-state index contributed by atoms with van der Waals surface area (Å²) in [6.07, 6.45) is 1.44. The molecular formula is C11H16N2O5S2. The summed E-state index contributed by atoms with van der Waals surface area (Å²) in [5, 5.41) is 7.44. The second kappa shape index (κ2) is 6.33. The molecule has 0 heterocycles. The number of carbonyl (C=O) groups is 1. The molecule has 1 aromatic carbocycles. The lowest BCUT2D eigenvalue weighted by Crippen LogP contribution is -2.31. The van der Waals surface area contributed by atoms with Crippen LogP contribution in [0.1, 0.15) is 5.56 Å². The largest absolute Gasteiger partial charge is 0.355 e. The molecule has 3 N–H and O–H groups in total. The number of hydrogen-bond donors (Lipinski definition) is 2. The van der Waals surface area contributed by atoms with Gasteiger partial charge in [0.05, 0.1) is 4.90 Å². The normalized spacial score (nSPS) is 12.1. The Balaban J connectivity index is 2.49. The van der Waals surface area contributed by atoms with Gasteiger partial charge in [0.2, 0.25) is 15.9 Å². The van der Waals surface area contributed by atoms with Crippen molar-refractivity contribution < 1.29 is 21.6 Å². The van der Waals surface area contributed by atoms with Gasteiger partial charge in [-0.3, -0.25) is 4.79 Å². The summed E-state index contributed by atoms with van der Waals surface area (Å²) >= 11 is 0. The number of primary sulfonamides is 1. The van der Waals surface area contributed by atoms with Crippen LogP contribution in [0, 0.1) is 0 Å². The molecule has 1 rings (SSSR count). The van der Waals surface area contributed by atoms with Gasteiger partial charge in [0, 0.05) is 12.8 Å². The van der Waals surface area contributed by atoms with E-state index in [-0.39, 0.29) is 11.4 Å². The van der Waals surface area contributed by atoms with Crippen molar-refractivity contribution in [3.05, 3.63) is 29.8 Å². The molecule has 0 aliphatic heterocycles. The topological polar surface area (TPSA) is 123 Å². The lowest BCUT2D eigenvalue weighted by atomic mass is 10.1. The number of hydrogen-bond acceptors (Lipinski definition) is 5. The number of carbonyl (C=O) groups excluding carboxylic acids is 1. The highest BCUT2D eigenvalue weighted by Gasteiger charge is 2.10. The summed E-state index contributed by atoms with van der Waals surface area (Å²) in [7, 11) is -7.04. The SMILES string of the molecule is CS(=O)(=O)CC(=O)NCCc1ccc(S(N)(=O)=O)cc1. The van der Waals surface area contributed by atoms with Crippen LogP contribution in [-0.4, -0.2) is 41.3 Å². The van der Waals surface area contributed by atoms with Crippen LogP contribution in [0.4, 0.5) is 0 Å². The van der Waals surface area contributed by atoms with Crippen molar-refractivity contribution in [3.63, 3.8) is 0 Å². The first-order valence-corrected chi connectivity index (χ1v) is 9.25. The predicted octanol–water partition coefficient (Wildman–Crippen LogP) is -0.963. The highest BCUT2D eigenvalue weighted by atomic mass is 32.2. The van der Waals surface area contributed by atoms with Crippen molar-refractivity contribution in [2.75, 3.05) is 18.6 Å². The maximum Gasteiger partial charge on any atom is 0.238 e. The molecule has 20 heavy (non-hydrogen) atoms. The molecule has 0 radical (unpaired) electrons. The van der Waals surface area contributed by atoms with Gasteiger partial charge in [0.25, 0.3) is 0 Å². The van der Waals surface area contributed by atoms with E-state index in [4.69, 9.17) is 5.14 Å². The van der Waals surface area contributed by atoms with Gasteiger partial charge in [-0.15, -0.1) is 0 Å². The van der Waals surface area contributed by atoms with Gasteiger partial charge in [-0.1, -0.05) is 12.1 Å². The zero-order valence-electron chi connectivity index (χ0n) is 10.9. The maximum absolute atomic E-state index is 11.2. The molecular weight excluding hydrogens is 304 g/mol. The van der Waals surface area contributed by atoms with E-state index in [0.29, 0.717) is 6.42 Å². The second-order valence-electron chi connectivity index (χ2n) is 4.36. The fourth-order valence-corrected chi connectivity index (χ4v) is 2.57. The first kappa shape index (κ1) is 16.6. The second-order valence-corrected chi connectivity index (χ2v) is 8.06. The number of rotatable bonds is 6. The van der Waals surface area contributed by atoms with Crippen LogP contribution in [0.5, 0.6) is 0 Å². The van der Waals surface area contributed by atoms with Gasteiger partial charge in [0.15, 0.2) is 9.84 Å². The molecule has 1 aromatic rings. The van der Waals surface area contributed by atoms with E-state index in [9.17, 15) is 21.6 Å².